The molecule has 1 fully saturated rings. The predicted octanol–water partition coefficient (Wildman–Crippen LogP) is 18.2. The molecule has 0 radical (unpaired) electrons. The maximum absolute atomic E-state index is 7.10. The van der Waals surface area contributed by atoms with Gasteiger partial charge in [-0.15, -0.1) is 11.8 Å². The number of benzene rings is 7. The number of para-hydroxylation sites is 1. The number of thioether (sulfide) groups is 1. The fourth-order valence-electron chi connectivity index (χ4n) is 13.2. The zero-order chi connectivity index (χ0) is 47.5. The minimum absolute atomic E-state index is 0.197. The average Bonchev–Trinajstić information content (AvgIpc) is 4.36. The van der Waals surface area contributed by atoms with E-state index in [1.54, 1.807) is 0 Å². The van der Waals surface area contributed by atoms with E-state index in [9.17, 15) is 0 Å². The maximum atomic E-state index is 7.10. The van der Waals surface area contributed by atoms with Gasteiger partial charge in [0.15, 0.2) is 22.3 Å². The van der Waals surface area contributed by atoms with Crippen molar-refractivity contribution in [3.63, 3.8) is 0 Å². The van der Waals surface area contributed by atoms with Crippen molar-refractivity contribution in [2.24, 2.45) is 11.8 Å². The molecule has 346 valence electrons. The van der Waals surface area contributed by atoms with Crippen LogP contribution >= 0.6 is 11.8 Å². The highest BCUT2D eigenvalue weighted by atomic mass is 32.2. The van der Waals surface area contributed by atoms with Crippen molar-refractivity contribution >= 4 is 112 Å². The average molecular weight is 955 g/mol. The second kappa shape index (κ2) is 15.1. The summed E-state index contributed by atoms with van der Waals surface area (Å²) in [7, 11) is 0. The smallest absolute Gasteiger partial charge is 0.172 e. The van der Waals surface area contributed by atoms with Crippen molar-refractivity contribution in [2.45, 2.75) is 41.2 Å². The zero-order valence-corrected chi connectivity index (χ0v) is 40.7. The fraction of sp³-hybridized carbons (Fsp3) is 0.118. The van der Waals surface area contributed by atoms with Crippen LogP contribution in [-0.4, -0.2) is 9.82 Å². The van der Waals surface area contributed by atoms with Gasteiger partial charge in [-0.2, -0.15) is 0 Å². The van der Waals surface area contributed by atoms with Gasteiger partial charge in [-0.05, 0) is 152 Å². The maximum Gasteiger partial charge on any atom is 0.172 e. The van der Waals surface area contributed by atoms with Crippen LogP contribution < -0.4 is 4.90 Å². The lowest BCUT2D eigenvalue weighted by molar-refractivity contribution is 0.582. The largest absolute Gasteiger partial charge is 0.449 e. The van der Waals surface area contributed by atoms with Gasteiger partial charge in [-0.25, -0.2) is 0 Å². The topological polar surface area (TPSA) is 34.5 Å². The fourth-order valence-corrected chi connectivity index (χ4v) is 14.5. The number of aromatic nitrogens is 1. The summed E-state index contributed by atoms with van der Waals surface area (Å²) in [5, 5.41) is 9.08. The Balaban J connectivity index is 0.841. The highest BCUT2D eigenvalue weighted by Crippen LogP contribution is 2.57. The third-order valence-corrected chi connectivity index (χ3v) is 18.2. The van der Waals surface area contributed by atoms with E-state index in [1.807, 2.05) is 11.8 Å². The molecule has 7 aliphatic rings. The molecular weight excluding hydrogens is 909 g/mol. The van der Waals surface area contributed by atoms with E-state index in [0.29, 0.717) is 34.2 Å². The molecule has 6 aliphatic carbocycles. The normalized spacial score (nSPS) is 21.5. The van der Waals surface area contributed by atoms with Crippen LogP contribution in [0.15, 0.2) is 225 Å². The van der Waals surface area contributed by atoms with Crippen LogP contribution in [0.5, 0.6) is 0 Å². The molecule has 4 nitrogen and oxygen atoms in total. The summed E-state index contributed by atoms with van der Waals surface area (Å²) < 4.78 is 16.6. The third-order valence-electron chi connectivity index (χ3n) is 16.8. The van der Waals surface area contributed by atoms with Gasteiger partial charge in [0.2, 0.25) is 0 Å². The summed E-state index contributed by atoms with van der Waals surface area (Å²) in [6.07, 6.45) is 27.2. The number of anilines is 2. The zero-order valence-electron chi connectivity index (χ0n) is 39.8. The van der Waals surface area contributed by atoms with Crippen LogP contribution in [0.1, 0.15) is 58.2 Å². The van der Waals surface area contributed by atoms with Crippen LogP contribution in [0.4, 0.5) is 11.4 Å². The molecule has 1 aliphatic heterocycles. The van der Waals surface area contributed by atoms with Gasteiger partial charge in [0.25, 0.3) is 0 Å². The summed E-state index contributed by atoms with van der Waals surface area (Å²) in [4.78, 5) is 3.86. The van der Waals surface area contributed by atoms with Crippen molar-refractivity contribution in [3.8, 4) is 0 Å². The molecule has 0 saturated heterocycles. The van der Waals surface area contributed by atoms with Crippen LogP contribution in [0, 0.1) is 11.8 Å². The molecule has 8 aromatic carbocycles. The van der Waals surface area contributed by atoms with E-state index in [2.05, 4.69) is 222 Å². The molecule has 0 bridgehead atoms. The molecule has 1 saturated carbocycles. The van der Waals surface area contributed by atoms with Crippen molar-refractivity contribution in [1.29, 1.82) is 0 Å². The van der Waals surface area contributed by atoms with Crippen molar-refractivity contribution in [1.82, 2.24) is 4.57 Å². The number of nitrogens with zero attached hydrogens (tertiary/aromatic N) is 2. The standard InChI is InChI=1S/C68H46N2O2S/c1-2-12-47-46(11-1)48-13-3-5-15-50(48)57-37-64-65(38-58(57)51-16-6-4-14-49(47)51)72-63-36-44(27-29-62(63)71-64)69(43-25-21-39(22-26-43)40-24-30-67-59(32-40)53-18-8-10-20-66(53)73-67)61-35-45(31-42-34-55(42)61)70-60-19-9-7-17-52(60)54-28-23-41-33-56(41)68(54)70/h1-3,5-13,15-32,34-38,41,55-56,59,67H,4,14,33H2/t41-,55?,56?,59?,67?/m1/s1. The van der Waals surface area contributed by atoms with Crippen molar-refractivity contribution in [3.05, 3.63) is 245 Å². The minimum atomic E-state index is 0.197. The van der Waals surface area contributed by atoms with Crippen molar-refractivity contribution < 1.29 is 8.83 Å². The second-order valence-corrected chi connectivity index (χ2v) is 22.1. The molecule has 0 N–H and O–H groups in total. The van der Waals surface area contributed by atoms with Crippen molar-refractivity contribution in [2.75, 3.05) is 4.90 Å². The number of hydrogen-bond donors (Lipinski definition) is 0. The second-order valence-electron chi connectivity index (χ2n) is 20.9. The quantitative estimate of drug-likeness (QED) is 0.161. The van der Waals surface area contributed by atoms with E-state index in [0.717, 1.165) is 46.2 Å². The molecule has 5 atom stereocenters. The van der Waals surface area contributed by atoms with E-state index in [4.69, 9.17) is 8.83 Å². The number of allylic oxidation sites excluding steroid dienone is 9. The Morgan fingerprint density at radius 3 is 2.18 bits per heavy atom. The minimum Gasteiger partial charge on any atom is -0.449 e. The highest BCUT2D eigenvalue weighted by Gasteiger charge is 2.44. The first-order valence-electron chi connectivity index (χ1n) is 26.0. The van der Waals surface area contributed by atoms with Gasteiger partial charge in [0.1, 0.15) is 0 Å². The van der Waals surface area contributed by atoms with Gasteiger partial charge in [-0.1, -0.05) is 146 Å². The lowest BCUT2D eigenvalue weighted by Gasteiger charge is -2.31. The molecule has 0 spiro atoms. The van der Waals surface area contributed by atoms with Gasteiger partial charge >= 0.3 is 0 Å². The molecular formula is C68H46N2O2S. The predicted molar refractivity (Wildman–Crippen MR) is 304 cm³/mol. The molecule has 2 aromatic heterocycles. The van der Waals surface area contributed by atoms with Crippen LogP contribution in [-0.2, 0) is 6.42 Å². The van der Waals surface area contributed by atoms with E-state index in [1.165, 1.54) is 99.8 Å². The third kappa shape index (κ3) is 6.09. The molecule has 0 amide bonds. The van der Waals surface area contributed by atoms with Gasteiger partial charge in [0, 0.05) is 73.4 Å². The number of hydrogen-bond acceptors (Lipinski definition) is 4. The lowest BCUT2D eigenvalue weighted by atomic mass is 9.87. The Bertz CT molecular complexity index is 4430. The highest BCUT2D eigenvalue weighted by molar-refractivity contribution is 8.00. The summed E-state index contributed by atoms with van der Waals surface area (Å²) in [5.41, 5.74) is 19.4. The van der Waals surface area contributed by atoms with Crippen LogP contribution in [0.3, 0.4) is 0 Å². The SMILES string of the molecule is C1=Cc2c(c3ccccc3c3ccccc3c3cc4oc5ccc(N(C6=CC(n7c8c(c9ccccc97)C=C[C@@H]7CC87)=CC7=CC76)c6ccc(C7=CC8c9ccccc9SC8C=C7)cc6)cc5oc4cc23)CC1. The molecule has 73 heavy (non-hydrogen) atoms. The number of fused-ring (bicyclic) bond motifs is 19. The Labute approximate surface area is 426 Å². The summed E-state index contributed by atoms with van der Waals surface area (Å²) >= 11 is 1.98. The molecule has 5 heteroatoms. The number of rotatable bonds is 5. The molecule has 4 unspecified atom stereocenters. The first-order valence-corrected chi connectivity index (χ1v) is 26.8. The molecule has 3 heterocycles. The van der Waals surface area contributed by atoms with Gasteiger partial charge in [0.05, 0.1) is 5.52 Å². The van der Waals surface area contributed by atoms with E-state index < -0.39 is 0 Å². The Kier molecular flexibility index (Phi) is 8.37. The molecule has 17 rings (SSSR count). The summed E-state index contributed by atoms with van der Waals surface area (Å²) in [6, 6.07) is 55.8. The van der Waals surface area contributed by atoms with Gasteiger partial charge in [-0.3, -0.25) is 0 Å². The van der Waals surface area contributed by atoms with Crippen LogP contribution in [0.2, 0.25) is 0 Å². The van der Waals surface area contributed by atoms with Crippen LogP contribution in [0.25, 0.3) is 89.0 Å². The van der Waals surface area contributed by atoms with E-state index >= 15 is 0 Å². The Morgan fingerprint density at radius 1 is 0.575 bits per heavy atom. The first-order chi connectivity index (χ1) is 36.1. The van der Waals surface area contributed by atoms with Gasteiger partial charge < -0.3 is 18.3 Å². The Hall–Kier alpha value is -8.25. The monoisotopic (exact) mass is 954 g/mol. The number of aryl methyl sites for hydroxylation is 1. The molecule has 10 aromatic rings. The lowest BCUT2D eigenvalue weighted by Crippen LogP contribution is -2.21. The Morgan fingerprint density at radius 2 is 1.30 bits per heavy atom. The van der Waals surface area contributed by atoms with E-state index in [-0.39, 0.29) is 5.92 Å². The summed E-state index contributed by atoms with van der Waals surface area (Å²) in [6.45, 7) is 0. The first kappa shape index (κ1) is 40.4. The summed E-state index contributed by atoms with van der Waals surface area (Å²) in [5.74, 6) is 1.75.